The molecule has 0 bridgehead atoms. The average Bonchev–Trinajstić information content (AvgIpc) is 3.36. The van der Waals surface area contributed by atoms with Crippen LogP contribution in [0.25, 0.3) is 9.88 Å². The molecule has 3 aromatic rings. The summed E-state index contributed by atoms with van der Waals surface area (Å²) in [6, 6.07) is 13.3. The number of benzene rings is 1. The Morgan fingerprint density at radius 3 is 2.76 bits per heavy atom. The zero-order chi connectivity index (χ0) is 17.2. The Morgan fingerprint density at radius 2 is 2.00 bits per heavy atom. The molecule has 1 aliphatic heterocycles. The van der Waals surface area contributed by atoms with Crippen LogP contribution in [0.5, 0.6) is 0 Å². The number of aromatic nitrogens is 1. The van der Waals surface area contributed by atoms with E-state index in [-0.39, 0.29) is 17.9 Å². The smallest absolute Gasteiger partial charge is 0.271 e. The highest BCUT2D eigenvalue weighted by molar-refractivity contribution is 7.20. The third kappa shape index (κ3) is 3.33. The van der Waals surface area contributed by atoms with Gasteiger partial charge < -0.3 is 10.2 Å². The number of amides is 2. The van der Waals surface area contributed by atoms with E-state index in [0.717, 1.165) is 15.6 Å². The van der Waals surface area contributed by atoms with Gasteiger partial charge in [-0.1, -0.05) is 24.3 Å². The third-order valence-electron chi connectivity index (χ3n) is 4.00. The molecule has 0 radical (unpaired) electrons. The largest absolute Gasteiger partial charge is 0.346 e. The zero-order valence-electron chi connectivity index (χ0n) is 13.2. The topological polar surface area (TPSA) is 62.3 Å². The molecule has 1 fully saturated rings. The molecule has 0 unspecified atom stereocenters. The molecule has 0 aliphatic carbocycles. The molecule has 126 valence electrons. The van der Waals surface area contributed by atoms with Crippen molar-refractivity contribution < 1.29 is 9.59 Å². The summed E-state index contributed by atoms with van der Waals surface area (Å²) in [6.45, 7) is 0.483. The Morgan fingerprint density at radius 1 is 1.16 bits per heavy atom. The lowest BCUT2D eigenvalue weighted by atomic mass is 10.2. The summed E-state index contributed by atoms with van der Waals surface area (Å²) in [5.74, 6) is -0.208. The van der Waals surface area contributed by atoms with E-state index in [1.165, 1.54) is 11.3 Å². The lowest BCUT2D eigenvalue weighted by Gasteiger charge is -2.16. The molecule has 1 aromatic carbocycles. The predicted molar refractivity (Wildman–Crippen MR) is 100 cm³/mol. The second kappa shape index (κ2) is 6.78. The number of thiophene rings is 1. The summed E-state index contributed by atoms with van der Waals surface area (Å²) in [5.41, 5.74) is 1.26. The fraction of sp³-hybridized carbons (Fsp3) is 0.167. The first-order valence-electron chi connectivity index (χ1n) is 7.86. The molecule has 1 atom stereocenters. The highest BCUT2D eigenvalue weighted by atomic mass is 32.1. The SMILES string of the molecule is O=C(N[C@H]1CC(=O)N(c2ccccc2)C1)c1csc(-c2cccs2)n1. The van der Waals surface area contributed by atoms with E-state index in [0.29, 0.717) is 18.7 Å². The van der Waals surface area contributed by atoms with Crippen LogP contribution in [-0.2, 0) is 4.79 Å². The molecule has 2 aromatic heterocycles. The predicted octanol–water partition coefficient (Wildman–Crippen LogP) is 3.41. The number of anilines is 1. The standard InChI is InChI=1S/C18H15N3O2S2/c22-16-9-12(10-21(16)13-5-2-1-3-6-13)19-17(23)14-11-25-18(20-14)15-7-4-8-24-15/h1-8,11-12H,9-10H2,(H,19,23)/t12-/m0/s1. The lowest BCUT2D eigenvalue weighted by Crippen LogP contribution is -2.37. The van der Waals surface area contributed by atoms with Gasteiger partial charge in [0.2, 0.25) is 5.91 Å². The van der Waals surface area contributed by atoms with E-state index >= 15 is 0 Å². The minimum absolute atomic E-state index is 0.0223. The van der Waals surface area contributed by atoms with Gasteiger partial charge in [-0.3, -0.25) is 9.59 Å². The molecule has 1 aliphatic rings. The van der Waals surface area contributed by atoms with Crippen LogP contribution in [0.15, 0.2) is 53.2 Å². The average molecular weight is 369 g/mol. The first kappa shape index (κ1) is 16.0. The molecule has 25 heavy (non-hydrogen) atoms. The normalized spacial score (nSPS) is 17.0. The number of hydrogen-bond donors (Lipinski definition) is 1. The van der Waals surface area contributed by atoms with Crippen molar-refractivity contribution in [2.75, 3.05) is 11.4 Å². The van der Waals surface area contributed by atoms with Crippen LogP contribution in [0.1, 0.15) is 16.9 Å². The number of nitrogens with one attached hydrogen (secondary N) is 1. The van der Waals surface area contributed by atoms with E-state index in [1.54, 1.807) is 21.6 Å². The molecule has 0 spiro atoms. The molecule has 1 N–H and O–H groups in total. The van der Waals surface area contributed by atoms with Crippen molar-refractivity contribution in [3.63, 3.8) is 0 Å². The van der Waals surface area contributed by atoms with Gasteiger partial charge in [0.1, 0.15) is 10.7 Å². The van der Waals surface area contributed by atoms with Crippen LogP contribution in [0.2, 0.25) is 0 Å². The molecule has 5 nitrogen and oxygen atoms in total. The van der Waals surface area contributed by atoms with E-state index in [1.807, 2.05) is 47.8 Å². The van der Waals surface area contributed by atoms with Gasteiger partial charge in [0.25, 0.3) is 5.91 Å². The van der Waals surface area contributed by atoms with Gasteiger partial charge in [-0.25, -0.2) is 4.98 Å². The van der Waals surface area contributed by atoms with Gasteiger partial charge in [0, 0.05) is 24.0 Å². The van der Waals surface area contributed by atoms with Gasteiger partial charge in [-0.05, 0) is 23.6 Å². The number of thiazole rings is 1. The van der Waals surface area contributed by atoms with Crippen LogP contribution >= 0.6 is 22.7 Å². The third-order valence-corrected chi connectivity index (χ3v) is 5.88. The maximum atomic E-state index is 12.4. The van der Waals surface area contributed by atoms with Crippen molar-refractivity contribution in [2.45, 2.75) is 12.5 Å². The van der Waals surface area contributed by atoms with Crippen LogP contribution in [0.4, 0.5) is 5.69 Å². The number of nitrogens with zero attached hydrogens (tertiary/aromatic N) is 2. The zero-order valence-corrected chi connectivity index (χ0v) is 14.8. The molecule has 4 rings (SSSR count). The molecule has 3 heterocycles. The van der Waals surface area contributed by atoms with E-state index in [4.69, 9.17) is 0 Å². The van der Waals surface area contributed by atoms with E-state index in [9.17, 15) is 9.59 Å². The molecular formula is C18H15N3O2S2. The highest BCUT2D eigenvalue weighted by Gasteiger charge is 2.32. The van der Waals surface area contributed by atoms with Crippen LogP contribution in [-0.4, -0.2) is 29.4 Å². The quantitative estimate of drug-likeness (QED) is 0.767. The number of rotatable bonds is 4. The van der Waals surface area contributed by atoms with E-state index in [2.05, 4.69) is 10.3 Å². The number of para-hydroxylation sites is 1. The minimum atomic E-state index is -0.230. The summed E-state index contributed by atoms with van der Waals surface area (Å²) < 4.78 is 0. The van der Waals surface area contributed by atoms with Gasteiger partial charge in [0.05, 0.1) is 10.9 Å². The Balaban J connectivity index is 1.43. The molecule has 2 amide bonds. The van der Waals surface area contributed by atoms with Crippen molar-refractivity contribution in [2.24, 2.45) is 0 Å². The van der Waals surface area contributed by atoms with Crippen molar-refractivity contribution in [3.05, 3.63) is 58.9 Å². The Hall–Kier alpha value is -2.51. The highest BCUT2D eigenvalue weighted by Crippen LogP contribution is 2.28. The summed E-state index contributed by atoms with van der Waals surface area (Å²) in [4.78, 5) is 31.8. The van der Waals surface area contributed by atoms with Crippen LogP contribution < -0.4 is 10.2 Å². The first-order valence-corrected chi connectivity index (χ1v) is 9.62. The van der Waals surface area contributed by atoms with Crippen LogP contribution in [0, 0.1) is 0 Å². The van der Waals surface area contributed by atoms with Gasteiger partial charge in [-0.2, -0.15) is 0 Å². The van der Waals surface area contributed by atoms with Gasteiger partial charge in [0.15, 0.2) is 0 Å². The maximum absolute atomic E-state index is 12.4. The summed E-state index contributed by atoms with van der Waals surface area (Å²) in [5, 5.41) is 7.52. The molecule has 1 saturated heterocycles. The lowest BCUT2D eigenvalue weighted by molar-refractivity contribution is -0.117. The maximum Gasteiger partial charge on any atom is 0.271 e. The molecular weight excluding hydrogens is 354 g/mol. The van der Waals surface area contributed by atoms with Gasteiger partial charge in [-0.15, -0.1) is 22.7 Å². The number of carbonyl (C=O) groups is 2. The molecule has 7 heteroatoms. The van der Waals surface area contributed by atoms with Crippen molar-refractivity contribution >= 4 is 40.2 Å². The number of carbonyl (C=O) groups excluding carboxylic acids is 2. The summed E-state index contributed by atoms with van der Waals surface area (Å²) in [7, 11) is 0. The van der Waals surface area contributed by atoms with Crippen molar-refractivity contribution in [1.82, 2.24) is 10.3 Å². The first-order chi connectivity index (χ1) is 12.2. The van der Waals surface area contributed by atoms with Gasteiger partial charge >= 0.3 is 0 Å². The van der Waals surface area contributed by atoms with Crippen molar-refractivity contribution in [3.8, 4) is 9.88 Å². The summed E-state index contributed by atoms with van der Waals surface area (Å²) in [6.07, 6.45) is 0.308. The fourth-order valence-corrected chi connectivity index (χ4v) is 4.43. The number of hydrogen-bond acceptors (Lipinski definition) is 5. The second-order valence-electron chi connectivity index (χ2n) is 5.73. The van der Waals surface area contributed by atoms with Crippen LogP contribution in [0.3, 0.4) is 0 Å². The minimum Gasteiger partial charge on any atom is -0.346 e. The Kier molecular flexibility index (Phi) is 4.33. The fourth-order valence-electron chi connectivity index (χ4n) is 2.81. The Bertz CT molecular complexity index is 890. The molecule has 0 saturated carbocycles. The Labute approximate surface area is 152 Å². The van der Waals surface area contributed by atoms with E-state index < -0.39 is 0 Å². The van der Waals surface area contributed by atoms with Crippen molar-refractivity contribution in [1.29, 1.82) is 0 Å². The summed E-state index contributed by atoms with van der Waals surface area (Å²) >= 11 is 3.05. The monoisotopic (exact) mass is 369 g/mol. The second-order valence-corrected chi connectivity index (χ2v) is 7.54.